The smallest absolute Gasteiger partial charge is 0.172 e. The first-order valence-corrected chi connectivity index (χ1v) is 5.64. The molecule has 1 atom stereocenters. The molecule has 14 heavy (non-hydrogen) atoms. The van der Waals surface area contributed by atoms with E-state index in [1.807, 2.05) is 6.92 Å². The highest BCUT2D eigenvalue weighted by Crippen LogP contribution is 2.23. The molecule has 1 heterocycles. The Balaban J connectivity index is 2.43. The summed E-state index contributed by atoms with van der Waals surface area (Å²) in [7, 11) is 1.65. The minimum absolute atomic E-state index is 0.134. The summed E-state index contributed by atoms with van der Waals surface area (Å²) in [4.78, 5) is 12.3. The van der Waals surface area contributed by atoms with Gasteiger partial charge in [-0.3, -0.25) is 4.79 Å². The fourth-order valence-electron chi connectivity index (χ4n) is 1.04. The molecule has 0 aromatic carbocycles. The third kappa shape index (κ3) is 3.40. The van der Waals surface area contributed by atoms with E-state index < -0.39 is 0 Å². The van der Waals surface area contributed by atoms with E-state index in [-0.39, 0.29) is 11.9 Å². The van der Waals surface area contributed by atoms with Crippen LogP contribution < -0.4 is 0 Å². The topological polar surface area (TPSA) is 26.3 Å². The first-order valence-electron chi connectivity index (χ1n) is 4.45. The minimum Gasteiger partial charge on any atom is -0.382 e. The predicted molar refractivity (Wildman–Crippen MR) is 59.4 cm³/mol. The Morgan fingerprint density at radius 1 is 1.64 bits per heavy atom. The Labute approximate surface area is 92.8 Å². The number of Topliss-reactive ketones (excluding diaryl/α,β-unsaturated/α-hetero) is 1. The quantitative estimate of drug-likeness (QED) is 0.728. The van der Waals surface area contributed by atoms with Gasteiger partial charge in [0.15, 0.2) is 5.78 Å². The summed E-state index contributed by atoms with van der Waals surface area (Å²) < 4.78 is 5.73. The molecule has 1 aromatic heterocycles. The van der Waals surface area contributed by atoms with Gasteiger partial charge in [-0.2, -0.15) is 0 Å². The summed E-state index contributed by atoms with van der Waals surface area (Å²) in [5, 5.41) is 0. The molecular weight excluding hydrogens is 220 g/mol. The molecule has 0 saturated carbocycles. The van der Waals surface area contributed by atoms with Crippen LogP contribution >= 0.6 is 22.9 Å². The fraction of sp³-hybridized carbons (Fsp3) is 0.500. The Hall–Kier alpha value is -0.380. The molecule has 0 aliphatic heterocycles. The molecule has 78 valence electrons. The van der Waals surface area contributed by atoms with E-state index >= 15 is 0 Å². The molecule has 0 aliphatic rings. The van der Waals surface area contributed by atoms with Gasteiger partial charge in [0.05, 0.1) is 15.3 Å². The van der Waals surface area contributed by atoms with Crippen molar-refractivity contribution in [2.45, 2.75) is 25.9 Å². The van der Waals surface area contributed by atoms with Gasteiger partial charge in [0, 0.05) is 13.5 Å². The van der Waals surface area contributed by atoms with Crippen molar-refractivity contribution < 1.29 is 9.53 Å². The van der Waals surface area contributed by atoms with Crippen molar-refractivity contribution in [3.8, 4) is 0 Å². The summed E-state index contributed by atoms with van der Waals surface area (Å²) in [5.74, 6) is 0.144. The van der Waals surface area contributed by atoms with Crippen molar-refractivity contribution in [3.63, 3.8) is 0 Å². The first-order chi connectivity index (χ1) is 6.63. The summed E-state index contributed by atoms with van der Waals surface area (Å²) in [6, 6.07) is 3.52. The van der Waals surface area contributed by atoms with Gasteiger partial charge < -0.3 is 4.74 Å². The summed E-state index contributed by atoms with van der Waals surface area (Å²) in [5.41, 5.74) is 0. The van der Waals surface area contributed by atoms with Crippen LogP contribution in [-0.2, 0) is 4.74 Å². The van der Waals surface area contributed by atoms with E-state index in [4.69, 9.17) is 16.3 Å². The monoisotopic (exact) mass is 232 g/mol. The van der Waals surface area contributed by atoms with Crippen LogP contribution in [0.1, 0.15) is 29.4 Å². The highest BCUT2D eigenvalue weighted by Gasteiger charge is 2.10. The lowest BCUT2D eigenvalue weighted by Crippen LogP contribution is -2.07. The molecule has 0 N–H and O–H groups in total. The van der Waals surface area contributed by atoms with Crippen LogP contribution in [0.15, 0.2) is 12.1 Å². The van der Waals surface area contributed by atoms with Crippen molar-refractivity contribution in [2.75, 3.05) is 7.11 Å². The number of hydrogen-bond acceptors (Lipinski definition) is 3. The van der Waals surface area contributed by atoms with E-state index in [1.165, 1.54) is 11.3 Å². The Bertz CT molecular complexity index is 309. The number of methoxy groups -OCH3 is 1. The number of hydrogen-bond donors (Lipinski definition) is 0. The second-order valence-electron chi connectivity index (χ2n) is 3.11. The zero-order valence-electron chi connectivity index (χ0n) is 8.25. The van der Waals surface area contributed by atoms with Crippen molar-refractivity contribution in [1.29, 1.82) is 0 Å². The third-order valence-electron chi connectivity index (χ3n) is 2.03. The molecule has 1 unspecified atom stereocenters. The molecular formula is C10H13ClO2S. The molecule has 4 heteroatoms. The van der Waals surface area contributed by atoms with E-state index in [0.29, 0.717) is 10.8 Å². The molecule has 0 saturated heterocycles. The van der Waals surface area contributed by atoms with Crippen molar-refractivity contribution >= 4 is 28.7 Å². The number of halogens is 1. The summed E-state index contributed by atoms with van der Waals surface area (Å²) in [6.45, 7) is 1.95. The molecule has 0 spiro atoms. The lowest BCUT2D eigenvalue weighted by Gasteiger charge is -2.06. The number of ketones is 1. The molecule has 1 aromatic rings. The van der Waals surface area contributed by atoms with Gasteiger partial charge in [-0.15, -0.1) is 11.3 Å². The van der Waals surface area contributed by atoms with Gasteiger partial charge in [0.25, 0.3) is 0 Å². The Morgan fingerprint density at radius 3 is 2.86 bits per heavy atom. The van der Waals surface area contributed by atoms with E-state index in [2.05, 4.69) is 0 Å². The van der Waals surface area contributed by atoms with Crippen LogP contribution in [0.5, 0.6) is 0 Å². The lowest BCUT2D eigenvalue weighted by molar-refractivity contribution is 0.0881. The fourth-order valence-corrected chi connectivity index (χ4v) is 2.05. The predicted octanol–water partition coefficient (Wildman–Crippen LogP) is 3.40. The standard InChI is InChI=1S/C10H13ClO2S/c1-7(13-2)3-4-8(12)9-5-6-10(11)14-9/h5-7H,3-4H2,1-2H3. The largest absolute Gasteiger partial charge is 0.382 e. The average Bonchev–Trinajstić information content (AvgIpc) is 2.60. The molecule has 0 radical (unpaired) electrons. The van der Waals surface area contributed by atoms with Crippen LogP contribution in [-0.4, -0.2) is 19.0 Å². The van der Waals surface area contributed by atoms with Crippen LogP contribution in [0.2, 0.25) is 4.34 Å². The zero-order chi connectivity index (χ0) is 10.6. The highest BCUT2D eigenvalue weighted by atomic mass is 35.5. The Kier molecular flexibility index (Phi) is 4.58. The van der Waals surface area contributed by atoms with E-state index in [0.717, 1.165) is 11.3 Å². The van der Waals surface area contributed by atoms with Gasteiger partial charge in [-0.05, 0) is 25.5 Å². The molecule has 2 nitrogen and oxygen atoms in total. The molecule has 1 rings (SSSR count). The van der Waals surface area contributed by atoms with Crippen LogP contribution in [0.4, 0.5) is 0 Å². The van der Waals surface area contributed by atoms with Gasteiger partial charge >= 0.3 is 0 Å². The van der Waals surface area contributed by atoms with Gasteiger partial charge in [-0.25, -0.2) is 0 Å². The average molecular weight is 233 g/mol. The maximum atomic E-state index is 11.6. The van der Waals surface area contributed by atoms with Crippen molar-refractivity contribution in [3.05, 3.63) is 21.3 Å². The van der Waals surface area contributed by atoms with Gasteiger partial charge in [-0.1, -0.05) is 11.6 Å². The number of ether oxygens (including phenoxy) is 1. The molecule has 0 fully saturated rings. The lowest BCUT2D eigenvalue weighted by atomic mass is 10.1. The normalized spacial score (nSPS) is 12.8. The Morgan fingerprint density at radius 2 is 2.36 bits per heavy atom. The molecule has 0 amide bonds. The number of rotatable bonds is 5. The third-order valence-corrected chi connectivity index (χ3v) is 3.30. The molecule has 0 aliphatic carbocycles. The van der Waals surface area contributed by atoms with Crippen LogP contribution in [0, 0.1) is 0 Å². The number of thiophene rings is 1. The summed E-state index contributed by atoms with van der Waals surface area (Å²) >= 11 is 7.07. The molecule has 0 bridgehead atoms. The van der Waals surface area contributed by atoms with Gasteiger partial charge in [0.2, 0.25) is 0 Å². The van der Waals surface area contributed by atoms with Crippen molar-refractivity contribution in [2.24, 2.45) is 0 Å². The maximum absolute atomic E-state index is 11.6. The van der Waals surface area contributed by atoms with Crippen LogP contribution in [0.3, 0.4) is 0 Å². The van der Waals surface area contributed by atoms with Crippen LogP contribution in [0.25, 0.3) is 0 Å². The minimum atomic E-state index is 0.134. The van der Waals surface area contributed by atoms with Gasteiger partial charge in [0.1, 0.15) is 0 Å². The zero-order valence-corrected chi connectivity index (χ0v) is 9.82. The summed E-state index contributed by atoms with van der Waals surface area (Å²) in [6.07, 6.45) is 1.41. The number of carbonyl (C=O) groups excluding carboxylic acids is 1. The first kappa shape index (κ1) is 11.7. The second kappa shape index (κ2) is 5.49. The van der Waals surface area contributed by atoms with E-state index in [9.17, 15) is 4.79 Å². The van der Waals surface area contributed by atoms with E-state index in [1.54, 1.807) is 19.2 Å². The number of carbonyl (C=O) groups is 1. The van der Waals surface area contributed by atoms with Crippen molar-refractivity contribution in [1.82, 2.24) is 0 Å². The maximum Gasteiger partial charge on any atom is 0.172 e. The highest BCUT2D eigenvalue weighted by molar-refractivity contribution is 7.18. The SMILES string of the molecule is COC(C)CCC(=O)c1ccc(Cl)s1. The second-order valence-corrected chi connectivity index (χ2v) is 4.83.